The summed E-state index contributed by atoms with van der Waals surface area (Å²) in [6.45, 7) is 5.84. The zero-order chi connectivity index (χ0) is 13.7. The third-order valence-corrected chi connectivity index (χ3v) is 2.71. The van der Waals surface area contributed by atoms with E-state index in [2.05, 4.69) is 36.4 Å². The summed E-state index contributed by atoms with van der Waals surface area (Å²) >= 11 is 0. The second-order valence-electron chi connectivity index (χ2n) is 5.11. The van der Waals surface area contributed by atoms with Crippen LogP contribution in [-0.4, -0.2) is 16.4 Å². The van der Waals surface area contributed by atoms with Crippen LogP contribution in [0.25, 0.3) is 0 Å². The molecule has 102 valence electrons. The Bertz CT molecular complexity index is 502. The lowest BCUT2D eigenvalue weighted by Gasteiger charge is -2.09. The van der Waals surface area contributed by atoms with Crippen LogP contribution in [0.1, 0.15) is 19.4 Å². The number of nitrogens with one attached hydrogen (secondary N) is 1. The molecule has 0 saturated heterocycles. The summed E-state index contributed by atoms with van der Waals surface area (Å²) in [5, 5.41) is 7.45. The largest absolute Gasteiger partial charge is 0.493 e. The molecule has 0 amide bonds. The molecule has 0 saturated carbocycles. The minimum Gasteiger partial charge on any atom is -0.493 e. The van der Waals surface area contributed by atoms with Crippen LogP contribution in [0.5, 0.6) is 5.75 Å². The van der Waals surface area contributed by atoms with Crippen molar-refractivity contribution in [3.63, 3.8) is 0 Å². The van der Waals surface area contributed by atoms with Gasteiger partial charge in [0.25, 0.3) is 0 Å². The van der Waals surface area contributed by atoms with E-state index in [0.29, 0.717) is 5.92 Å². The first-order chi connectivity index (χ1) is 9.13. The van der Waals surface area contributed by atoms with Crippen LogP contribution in [0.3, 0.4) is 0 Å². The molecule has 1 aromatic carbocycles. The molecule has 4 nitrogen and oxygen atoms in total. The fourth-order valence-electron chi connectivity index (χ4n) is 1.68. The number of anilines is 1. The zero-order valence-electron chi connectivity index (χ0n) is 11.8. The fourth-order valence-corrected chi connectivity index (χ4v) is 1.68. The topological polar surface area (TPSA) is 39.1 Å². The average molecular weight is 259 g/mol. The van der Waals surface area contributed by atoms with Gasteiger partial charge in [0, 0.05) is 19.8 Å². The standard InChI is InChI=1S/C15H21N3O/c1-12(2)11-19-15-6-4-13(5-7-15)8-16-14-9-17-18(3)10-14/h4-7,9-10,12,16H,8,11H2,1-3H3. The van der Waals surface area contributed by atoms with Crippen LogP contribution in [-0.2, 0) is 13.6 Å². The lowest BCUT2D eigenvalue weighted by Crippen LogP contribution is -2.04. The van der Waals surface area contributed by atoms with Gasteiger partial charge in [0.15, 0.2) is 0 Å². The minimum absolute atomic E-state index is 0.548. The SMILES string of the molecule is CC(C)COc1ccc(CNc2cnn(C)c2)cc1. The number of benzene rings is 1. The number of ether oxygens (including phenoxy) is 1. The maximum atomic E-state index is 5.65. The molecule has 4 heteroatoms. The molecule has 19 heavy (non-hydrogen) atoms. The summed E-state index contributed by atoms with van der Waals surface area (Å²) in [7, 11) is 1.91. The van der Waals surface area contributed by atoms with Crippen molar-refractivity contribution in [1.29, 1.82) is 0 Å². The second-order valence-corrected chi connectivity index (χ2v) is 5.11. The van der Waals surface area contributed by atoms with E-state index >= 15 is 0 Å². The van der Waals surface area contributed by atoms with Gasteiger partial charge in [-0.2, -0.15) is 5.10 Å². The van der Waals surface area contributed by atoms with E-state index in [0.717, 1.165) is 24.6 Å². The van der Waals surface area contributed by atoms with Crippen LogP contribution in [0, 0.1) is 5.92 Å². The number of hydrogen-bond donors (Lipinski definition) is 1. The highest BCUT2D eigenvalue weighted by Crippen LogP contribution is 2.14. The third kappa shape index (κ3) is 4.32. The van der Waals surface area contributed by atoms with Crippen LogP contribution in [0.2, 0.25) is 0 Å². The molecule has 0 bridgehead atoms. The molecule has 2 rings (SSSR count). The molecule has 1 N–H and O–H groups in total. The molecular weight excluding hydrogens is 238 g/mol. The first-order valence-electron chi connectivity index (χ1n) is 6.58. The lowest BCUT2D eigenvalue weighted by molar-refractivity contribution is 0.271. The van der Waals surface area contributed by atoms with Gasteiger partial charge in [0.05, 0.1) is 18.5 Å². The van der Waals surface area contributed by atoms with Crippen molar-refractivity contribution in [3.8, 4) is 5.75 Å². The van der Waals surface area contributed by atoms with E-state index in [4.69, 9.17) is 4.74 Å². The molecule has 0 aliphatic carbocycles. The zero-order valence-corrected chi connectivity index (χ0v) is 11.8. The van der Waals surface area contributed by atoms with E-state index in [9.17, 15) is 0 Å². The maximum absolute atomic E-state index is 5.65. The van der Waals surface area contributed by atoms with Crippen LogP contribution in [0.4, 0.5) is 5.69 Å². The first-order valence-corrected chi connectivity index (χ1v) is 6.58. The van der Waals surface area contributed by atoms with E-state index in [1.54, 1.807) is 4.68 Å². The summed E-state index contributed by atoms with van der Waals surface area (Å²) in [5.41, 5.74) is 2.25. The maximum Gasteiger partial charge on any atom is 0.119 e. The van der Waals surface area contributed by atoms with Crippen molar-refractivity contribution in [2.24, 2.45) is 13.0 Å². The van der Waals surface area contributed by atoms with Crippen molar-refractivity contribution in [1.82, 2.24) is 9.78 Å². The highest BCUT2D eigenvalue weighted by molar-refractivity contribution is 5.39. The van der Waals surface area contributed by atoms with E-state index in [1.165, 1.54) is 5.56 Å². The Labute approximate surface area is 114 Å². The predicted octanol–water partition coefficient (Wildman–Crippen LogP) is 3.07. The van der Waals surface area contributed by atoms with Crippen molar-refractivity contribution >= 4 is 5.69 Å². The summed E-state index contributed by atoms with van der Waals surface area (Å²) in [5.74, 6) is 1.48. The Balaban J connectivity index is 1.84. The van der Waals surface area contributed by atoms with Gasteiger partial charge in [-0.05, 0) is 23.6 Å². The Hall–Kier alpha value is -1.97. The van der Waals surface area contributed by atoms with E-state index < -0.39 is 0 Å². The van der Waals surface area contributed by atoms with Gasteiger partial charge in [-0.25, -0.2) is 0 Å². The summed E-state index contributed by atoms with van der Waals surface area (Å²) < 4.78 is 7.44. The molecule has 0 fully saturated rings. The molecule has 0 radical (unpaired) electrons. The molecule has 0 aliphatic rings. The summed E-state index contributed by atoms with van der Waals surface area (Å²) in [6.07, 6.45) is 3.78. The van der Waals surface area contributed by atoms with E-state index in [1.807, 2.05) is 31.6 Å². The van der Waals surface area contributed by atoms with Crippen molar-refractivity contribution < 1.29 is 4.74 Å². The highest BCUT2D eigenvalue weighted by Gasteiger charge is 1.99. The quantitative estimate of drug-likeness (QED) is 0.866. The normalized spacial score (nSPS) is 10.7. The van der Waals surface area contributed by atoms with Gasteiger partial charge in [0.2, 0.25) is 0 Å². The molecule has 0 aliphatic heterocycles. The Kier molecular flexibility index (Phi) is 4.44. The molecule has 1 heterocycles. The van der Waals surface area contributed by atoms with Crippen molar-refractivity contribution in [3.05, 3.63) is 42.2 Å². The fraction of sp³-hybridized carbons (Fsp3) is 0.400. The molecule has 0 unspecified atom stereocenters. The monoisotopic (exact) mass is 259 g/mol. The lowest BCUT2D eigenvalue weighted by atomic mass is 10.2. The van der Waals surface area contributed by atoms with Crippen LogP contribution < -0.4 is 10.1 Å². The molecule has 1 aromatic heterocycles. The van der Waals surface area contributed by atoms with Crippen molar-refractivity contribution in [2.75, 3.05) is 11.9 Å². The summed E-state index contributed by atoms with van der Waals surface area (Å²) in [4.78, 5) is 0. The van der Waals surface area contributed by atoms with E-state index in [-0.39, 0.29) is 0 Å². The smallest absolute Gasteiger partial charge is 0.119 e. The summed E-state index contributed by atoms with van der Waals surface area (Å²) in [6, 6.07) is 8.20. The Morgan fingerprint density at radius 3 is 2.58 bits per heavy atom. The van der Waals surface area contributed by atoms with Gasteiger partial charge >= 0.3 is 0 Å². The van der Waals surface area contributed by atoms with Gasteiger partial charge < -0.3 is 10.1 Å². The van der Waals surface area contributed by atoms with Gasteiger partial charge in [-0.1, -0.05) is 26.0 Å². The Morgan fingerprint density at radius 2 is 2.00 bits per heavy atom. The first kappa shape index (κ1) is 13.5. The Morgan fingerprint density at radius 1 is 1.26 bits per heavy atom. The third-order valence-electron chi connectivity index (χ3n) is 2.71. The molecular formula is C15H21N3O. The minimum atomic E-state index is 0.548. The van der Waals surface area contributed by atoms with Gasteiger partial charge in [0.1, 0.15) is 5.75 Å². The molecule has 0 atom stereocenters. The number of aryl methyl sites for hydroxylation is 1. The van der Waals surface area contributed by atoms with Gasteiger partial charge in [-0.3, -0.25) is 4.68 Å². The number of hydrogen-bond acceptors (Lipinski definition) is 3. The molecule has 0 spiro atoms. The van der Waals surface area contributed by atoms with Crippen LogP contribution in [0.15, 0.2) is 36.7 Å². The highest BCUT2D eigenvalue weighted by atomic mass is 16.5. The average Bonchev–Trinajstić information content (AvgIpc) is 2.81. The van der Waals surface area contributed by atoms with Crippen molar-refractivity contribution in [2.45, 2.75) is 20.4 Å². The predicted molar refractivity (Wildman–Crippen MR) is 77.3 cm³/mol. The van der Waals surface area contributed by atoms with Crippen LogP contribution >= 0.6 is 0 Å². The number of aromatic nitrogens is 2. The number of nitrogens with zero attached hydrogens (tertiary/aromatic N) is 2. The van der Waals surface area contributed by atoms with Gasteiger partial charge in [-0.15, -0.1) is 0 Å². The second kappa shape index (κ2) is 6.27. The molecule has 2 aromatic rings. The number of rotatable bonds is 6.